The molecule has 2 aromatic carbocycles. The Bertz CT molecular complexity index is 933. The smallest absolute Gasteiger partial charge is 0.223 e. The Morgan fingerprint density at radius 3 is 2.77 bits per heavy atom. The average Bonchev–Trinajstić information content (AvgIpc) is 3.16. The molecule has 0 spiro atoms. The van der Waals surface area contributed by atoms with Gasteiger partial charge in [-0.05, 0) is 31.0 Å². The molecule has 0 saturated carbocycles. The number of aryl methyl sites for hydroxylation is 1. The Labute approximate surface area is 193 Å². The fourth-order valence-corrected chi connectivity index (χ4v) is 4.79. The van der Waals surface area contributed by atoms with Gasteiger partial charge in [0.05, 0.1) is 28.4 Å². The largest absolute Gasteiger partial charge is 0.496 e. The number of carbonyl (C=O) groups excluding carboxylic acids is 1. The van der Waals surface area contributed by atoms with Gasteiger partial charge in [0.2, 0.25) is 5.91 Å². The zero-order valence-corrected chi connectivity index (χ0v) is 19.3. The van der Waals surface area contributed by atoms with Crippen LogP contribution >= 0.6 is 36.2 Å². The topological polar surface area (TPSA) is 54.5 Å². The van der Waals surface area contributed by atoms with Gasteiger partial charge in [-0.2, -0.15) is 0 Å². The van der Waals surface area contributed by atoms with Crippen molar-refractivity contribution >= 4 is 52.3 Å². The van der Waals surface area contributed by atoms with Crippen LogP contribution in [0.2, 0.25) is 0 Å². The van der Waals surface area contributed by atoms with Crippen LogP contribution in [-0.2, 0) is 11.2 Å². The number of halogens is 2. The molecule has 1 saturated heterocycles. The molecule has 5 nitrogen and oxygen atoms in total. The number of nitrogens with zero attached hydrogens (tertiary/aromatic N) is 2. The van der Waals surface area contributed by atoms with Crippen LogP contribution in [0, 0.1) is 0 Å². The average molecular weight is 468 g/mol. The minimum absolute atomic E-state index is 0. The lowest BCUT2D eigenvalue weighted by molar-refractivity contribution is -0.134. The quantitative estimate of drug-likeness (QED) is 0.573. The molecule has 1 aromatic heterocycles. The highest BCUT2D eigenvalue weighted by Gasteiger charge is 2.29. The minimum atomic E-state index is 0. The highest BCUT2D eigenvalue weighted by Crippen LogP contribution is 2.31. The Kier molecular flexibility index (Phi) is 9.37. The molecule has 1 fully saturated rings. The summed E-state index contributed by atoms with van der Waals surface area (Å²) in [6, 6.07) is 16.2. The predicted molar refractivity (Wildman–Crippen MR) is 127 cm³/mol. The van der Waals surface area contributed by atoms with E-state index in [1.54, 1.807) is 18.4 Å². The summed E-state index contributed by atoms with van der Waals surface area (Å²) in [5, 5.41) is 4.52. The number of aromatic nitrogens is 1. The highest BCUT2D eigenvalue weighted by atomic mass is 35.5. The van der Waals surface area contributed by atoms with Gasteiger partial charge in [-0.15, -0.1) is 36.2 Å². The lowest BCUT2D eigenvalue weighted by atomic mass is 10.0. The number of benzene rings is 2. The van der Waals surface area contributed by atoms with Crippen molar-refractivity contribution in [3.8, 4) is 5.75 Å². The summed E-state index contributed by atoms with van der Waals surface area (Å²) in [6.07, 6.45) is 2.21. The highest BCUT2D eigenvalue weighted by molar-refractivity contribution is 7.18. The lowest BCUT2D eigenvalue weighted by Gasteiger charge is -2.37. The number of fused-ring (bicyclic) bond motifs is 1. The van der Waals surface area contributed by atoms with Crippen molar-refractivity contribution in [2.75, 3.05) is 26.7 Å². The van der Waals surface area contributed by atoms with Crippen molar-refractivity contribution in [3.63, 3.8) is 0 Å². The standard InChI is InChI=1S/C22H25N3O2S.2ClH/c1-27-19-9-4-2-7-16(19)18-15-23-13-14-25(18)22(26)12-6-11-21-24-17-8-3-5-10-20(17)28-21;;/h2-5,7-10,18,23H,6,11-15H2,1H3;2*1H. The van der Waals surface area contributed by atoms with Gasteiger partial charge in [-0.3, -0.25) is 4.79 Å². The molecule has 0 bridgehead atoms. The Balaban J connectivity index is 0.00000160. The molecular formula is C22H27Cl2N3O2S. The van der Waals surface area contributed by atoms with E-state index in [9.17, 15) is 4.79 Å². The fourth-order valence-electron chi connectivity index (χ4n) is 3.78. The molecule has 1 N–H and O–H groups in total. The van der Waals surface area contributed by atoms with E-state index in [4.69, 9.17) is 4.74 Å². The number of rotatable bonds is 6. The Morgan fingerprint density at radius 2 is 1.97 bits per heavy atom. The first-order chi connectivity index (χ1) is 13.8. The molecule has 0 aliphatic carbocycles. The van der Waals surface area contributed by atoms with Crippen LogP contribution in [0.15, 0.2) is 48.5 Å². The summed E-state index contributed by atoms with van der Waals surface area (Å²) >= 11 is 1.72. The van der Waals surface area contributed by atoms with Crippen LogP contribution in [0.3, 0.4) is 0 Å². The Hall–Kier alpha value is -1.86. The number of methoxy groups -OCH3 is 1. The minimum Gasteiger partial charge on any atom is -0.496 e. The molecule has 0 radical (unpaired) electrons. The summed E-state index contributed by atoms with van der Waals surface area (Å²) in [6.45, 7) is 2.31. The number of nitrogens with one attached hydrogen (secondary N) is 1. The third-order valence-corrected chi connectivity index (χ3v) is 6.28. The number of piperazine rings is 1. The number of thiazole rings is 1. The zero-order valence-electron chi connectivity index (χ0n) is 16.9. The molecule has 8 heteroatoms. The van der Waals surface area contributed by atoms with E-state index in [0.717, 1.165) is 54.3 Å². The molecule has 30 heavy (non-hydrogen) atoms. The molecular weight excluding hydrogens is 441 g/mol. The van der Waals surface area contributed by atoms with Gasteiger partial charge in [0.1, 0.15) is 5.75 Å². The van der Waals surface area contributed by atoms with Crippen molar-refractivity contribution in [1.29, 1.82) is 0 Å². The number of hydrogen-bond donors (Lipinski definition) is 1. The first-order valence-electron chi connectivity index (χ1n) is 9.74. The molecule has 162 valence electrons. The van der Waals surface area contributed by atoms with Crippen LogP contribution in [-0.4, -0.2) is 42.5 Å². The summed E-state index contributed by atoms with van der Waals surface area (Å²) in [7, 11) is 1.68. The second-order valence-corrected chi connectivity index (χ2v) is 8.09. The SMILES string of the molecule is COc1ccccc1C1CNCCN1C(=O)CCCc1nc2ccccc2s1.Cl.Cl. The molecule has 3 aromatic rings. The van der Waals surface area contributed by atoms with Gasteiger partial charge >= 0.3 is 0 Å². The van der Waals surface area contributed by atoms with Crippen LogP contribution in [0.4, 0.5) is 0 Å². The molecule has 2 heterocycles. The molecule has 1 unspecified atom stereocenters. The van der Waals surface area contributed by atoms with Gasteiger partial charge in [-0.1, -0.05) is 30.3 Å². The third-order valence-electron chi connectivity index (χ3n) is 5.18. The molecule has 1 aliphatic rings. The predicted octanol–water partition coefficient (Wildman–Crippen LogP) is 4.64. The summed E-state index contributed by atoms with van der Waals surface area (Å²) in [5.74, 6) is 1.04. The number of amides is 1. The van der Waals surface area contributed by atoms with E-state index >= 15 is 0 Å². The molecule has 4 rings (SSSR count). The monoisotopic (exact) mass is 467 g/mol. The molecule has 1 aliphatic heterocycles. The first-order valence-corrected chi connectivity index (χ1v) is 10.6. The zero-order chi connectivity index (χ0) is 19.3. The van der Waals surface area contributed by atoms with Crippen molar-refractivity contribution in [2.24, 2.45) is 0 Å². The first kappa shape index (κ1) is 24.4. The number of hydrogen-bond acceptors (Lipinski definition) is 5. The van der Waals surface area contributed by atoms with Crippen LogP contribution < -0.4 is 10.1 Å². The number of ether oxygens (including phenoxy) is 1. The van der Waals surface area contributed by atoms with Gasteiger partial charge in [0, 0.05) is 31.6 Å². The maximum atomic E-state index is 13.0. The van der Waals surface area contributed by atoms with E-state index < -0.39 is 0 Å². The number of para-hydroxylation sites is 2. The van der Waals surface area contributed by atoms with Gasteiger partial charge < -0.3 is 15.0 Å². The van der Waals surface area contributed by atoms with Crippen molar-refractivity contribution in [1.82, 2.24) is 15.2 Å². The molecule has 1 amide bonds. The van der Waals surface area contributed by atoms with E-state index in [0.29, 0.717) is 6.42 Å². The summed E-state index contributed by atoms with van der Waals surface area (Å²) in [5.41, 5.74) is 2.11. The van der Waals surface area contributed by atoms with E-state index in [1.807, 2.05) is 41.3 Å². The normalized spacial score (nSPS) is 15.9. The third kappa shape index (κ3) is 5.43. The van der Waals surface area contributed by atoms with E-state index in [1.165, 1.54) is 4.70 Å². The van der Waals surface area contributed by atoms with E-state index in [-0.39, 0.29) is 36.8 Å². The summed E-state index contributed by atoms with van der Waals surface area (Å²) < 4.78 is 6.73. The van der Waals surface area contributed by atoms with Gasteiger partial charge in [0.15, 0.2) is 0 Å². The van der Waals surface area contributed by atoms with Crippen molar-refractivity contribution in [2.45, 2.75) is 25.3 Å². The van der Waals surface area contributed by atoms with E-state index in [2.05, 4.69) is 22.4 Å². The van der Waals surface area contributed by atoms with Gasteiger partial charge in [-0.25, -0.2) is 4.98 Å². The second-order valence-electron chi connectivity index (χ2n) is 6.98. The maximum absolute atomic E-state index is 13.0. The lowest BCUT2D eigenvalue weighted by Crippen LogP contribution is -2.48. The van der Waals surface area contributed by atoms with Crippen LogP contribution in [0.5, 0.6) is 5.75 Å². The van der Waals surface area contributed by atoms with Crippen LogP contribution in [0.25, 0.3) is 10.2 Å². The fraction of sp³-hybridized carbons (Fsp3) is 0.364. The van der Waals surface area contributed by atoms with Crippen molar-refractivity contribution in [3.05, 3.63) is 59.1 Å². The second kappa shape index (κ2) is 11.5. The van der Waals surface area contributed by atoms with Crippen molar-refractivity contribution < 1.29 is 9.53 Å². The summed E-state index contributed by atoms with van der Waals surface area (Å²) in [4.78, 5) is 19.7. The maximum Gasteiger partial charge on any atom is 0.223 e. The number of carbonyl (C=O) groups is 1. The molecule has 1 atom stereocenters. The van der Waals surface area contributed by atoms with Crippen LogP contribution in [0.1, 0.15) is 29.5 Å². The van der Waals surface area contributed by atoms with Gasteiger partial charge in [0.25, 0.3) is 0 Å². The Morgan fingerprint density at radius 1 is 1.20 bits per heavy atom.